The van der Waals surface area contributed by atoms with Gasteiger partial charge in [0.15, 0.2) is 0 Å². The van der Waals surface area contributed by atoms with Crippen LogP contribution in [0.5, 0.6) is 0 Å². The van der Waals surface area contributed by atoms with E-state index in [4.69, 9.17) is 0 Å². The number of hydrogen-bond donors (Lipinski definition) is 1. The van der Waals surface area contributed by atoms with Gasteiger partial charge < -0.3 is 0 Å². The number of nitrogens with zero attached hydrogens (tertiary/aromatic N) is 1. The van der Waals surface area contributed by atoms with Crippen LogP contribution in [0.4, 0.5) is 0 Å². The van der Waals surface area contributed by atoms with Crippen molar-refractivity contribution < 1.29 is 4.57 Å². The normalized spacial score (nSPS) is 11.0. The summed E-state index contributed by atoms with van der Waals surface area (Å²) in [6.07, 6.45) is 19.1. The van der Waals surface area contributed by atoms with Crippen LogP contribution in [-0.4, -0.2) is 4.98 Å². The molecule has 1 N–H and O–H groups in total. The molecule has 0 aliphatic rings. The van der Waals surface area contributed by atoms with Gasteiger partial charge in [0.25, 0.3) is 5.82 Å². The van der Waals surface area contributed by atoms with Crippen LogP contribution < -0.4 is 4.57 Å². The molecule has 0 radical (unpaired) electrons. The minimum absolute atomic E-state index is 0.915. The zero-order valence-electron chi connectivity index (χ0n) is 16.7. The van der Waals surface area contributed by atoms with Gasteiger partial charge in [-0.2, -0.15) is 0 Å². The molecule has 0 amide bonds. The zero-order valence-corrected chi connectivity index (χ0v) is 16.7. The fourth-order valence-corrected chi connectivity index (χ4v) is 3.59. The number of aromatic amines is 1. The van der Waals surface area contributed by atoms with Crippen LogP contribution in [0.2, 0.25) is 0 Å². The monoisotopic (exact) mass is 353 g/mol. The topological polar surface area (TPSA) is 19.7 Å². The van der Waals surface area contributed by atoms with Gasteiger partial charge in [-0.05, 0) is 12.0 Å². The minimum Gasteiger partial charge on any atom is -0.244 e. The van der Waals surface area contributed by atoms with Gasteiger partial charge >= 0.3 is 0 Å². The van der Waals surface area contributed by atoms with Crippen molar-refractivity contribution in [3.63, 3.8) is 0 Å². The van der Waals surface area contributed by atoms with E-state index in [-0.39, 0.29) is 0 Å². The fraction of sp³-hybridized carbons (Fsp3) is 0.542. The maximum atomic E-state index is 3.95. The van der Waals surface area contributed by atoms with Crippen LogP contribution >= 0.6 is 0 Å². The second-order valence-corrected chi connectivity index (χ2v) is 7.37. The van der Waals surface area contributed by atoms with Gasteiger partial charge in [-0.25, -0.2) is 9.55 Å². The number of imidazole rings is 1. The first-order chi connectivity index (χ1) is 12.8. The summed E-state index contributed by atoms with van der Waals surface area (Å²) in [6, 6.07) is 10.7. The van der Waals surface area contributed by atoms with Crippen molar-refractivity contribution >= 4 is 6.08 Å². The van der Waals surface area contributed by atoms with E-state index in [1.807, 2.05) is 6.08 Å². The lowest BCUT2D eigenvalue weighted by Gasteiger charge is -2.05. The molecule has 0 aliphatic heterocycles. The number of unbranched alkanes of at least 4 members (excludes halogenated alkanes) is 9. The zero-order chi connectivity index (χ0) is 18.5. The molecule has 2 aromatic rings. The van der Waals surface area contributed by atoms with E-state index in [1.165, 1.54) is 75.5 Å². The minimum atomic E-state index is 0.915. The molecule has 1 aromatic heterocycles. The van der Waals surface area contributed by atoms with Crippen molar-refractivity contribution in [3.05, 3.63) is 60.2 Å². The third kappa shape index (κ3) is 7.19. The number of aryl methyl sites for hydroxylation is 1. The van der Waals surface area contributed by atoms with Crippen LogP contribution in [0.15, 0.2) is 43.1 Å². The lowest BCUT2D eigenvalue weighted by Crippen LogP contribution is -2.39. The Kier molecular flexibility index (Phi) is 9.86. The maximum absolute atomic E-state index is 3.95. The average Bonchev–Trinajstić information content (AvgIpc) is 3.06. The van der Waals surface area contributed by atoms with E-state index in [0.29, 0.717) is 0 Å². The quantitative estimate of drug-likeness (QED) is 0.297. The van der Waals surface area contributed by atoms with Gasteiger partial charge in [0.05, 0.1) is 0 Å². The molecule has 1 heterocycles. The number of nitrogens with one attached hydrogen (secondary N) is 1. The molecule has 0 saturated carbocycles. The first-order valence-corrected chi connectivity index (χ1v) is 10.6. The van der Waals surface area contributed by atoms with E-state index >= 15 is 0 Å². The van der Waals surface area contributed by atoms with E-state index < -0.39 is 0 Å². The van der Waals surface area contributed by atoms with Gasteiger partial charge in [-0.15, -0.1) is 0 Å². The molecule has 0 fully saturated rings. The van der Waals surface area contributed by atoms with E-state index in [9.17, 15) is 0 Å². The summed E-state index contributed by atoms with van der Waals surface area (Å²) < 4.78 is 2.37. The number of H-pyrrole nitrogens is 1. The predicted octanol–water partition coefficient (Wildman–Crippen LogP) is 6.46. The smallest absolute Gasteiger partial charge is 0.244 e. The maximum Gasteiger partial charge on any atom is 0.279 e. The average molecular weight is 354 g/mol. The van der Waals surface area contributed by atoms with Crippen molar-refractivity contribution in [2.24, 2.45) is 0 Å². The Balaban J connectivity index is 1.69. The Morgan fingerprint density at radius 2 is 1.50 bits per heavy atom. The highest BCUT2D eigenvalue weighted by Crippen LogP contribution is 2.12. The summed E-state index contributed by atoms with van der Waals surface area (Å²) in [6.45, 7) is 7.15. The Labute approximate surface area is 160 Å². The molecule has 2 rings (SSSR count). The van der Waals surface area contributed by atoms with E-state index in [2.05, 4.69) is 59.6 Å². The number of benzene rings is 1. The standard InChI is InChI=1S/C24H36N2/c1-3-5-6-7-8-9-10-11-12-16-19-23-20-25-24(4-2)26(23)21-22-17-14-13-15-18-22/h4,13-15,17-18,20H,2-3,5-12,16,19,21H2,1H3/p+1. The number of aromatic nitrogens is 2. The van der Waals surface area contributed by atoms with E-state index in [1.54, 1.807) is 0 Å². The molecule has 0 spiro atoms. The second-order valence-electron chi connectivity index (χ2n) is 7.37. The van der Waals surface area contributed by atoms with Crippen molar-refractivity contribution in [3.8, 4) is 0 Å². The van der Waals surface area contributed by atoms with Crippen LogP contribution in [0.1, 0.15) is 88.2 Å². The fourth-order valence-electron chi connectivity index (χ4n) is 3.59. The Morgan fingerprint density at radius 3 is 2.12 bits per heavy atom. The van der Waals surface area contributed by atoms with Crippen LogP contribution in [-0.2, 0) is 13.0 Å². The largest absolute Gasteiger partial charge is 0.279 e. The number of hydrogen-bond acceptors (Lipinski definition) is 0. The van der Waals surface area contributed by atoms with Gasteiger partial charge in [0, 0.05) is 12.5 Å². The van der Waals surface area contributed by atoms with Crippen LogP contribution in [0.3, 0.4) is 0 Å². The van der Waals surface area contributed by atoms with Gasteiger partial charge in [-0.3, -0.25) is 0 Å². The van der Waals surface area contributed by atoms with Crippen molar-refractivity contribution in [2.75, 3.05) is 0 Å². The summed E-state index contributed by atoms with van der Waals surface area (Å²) in [4.78, 5) is 3.37. The summed E-state index contributed by atoms with van der Waals surface area (Å²) in [5.74, 6) is 1.11. The summed E-state index contributed by atoms with van der Waals surface area (Å²) >= 11 is 0. The molecule has 2 nitrogen and oxygen atoms in total. The second kappa shape index (κ2) is 12.5. The first kappa shape index (κ1) is 20.5. The Hall–Kier alpha value is -1.83. The molecular formula is C24H37N2+. The SMILES string of the molecule is C=Cc1[nH]cc(CCCCCCCCCCCC)[n+]1Cc1ccccc1. The predicted molar refractivity (Wildman–Crippen MR) is 112 cm³/mol. The summed E-state index contributed by atoms with van der Waals surface area (Å²) in [7, 11) is 0. The summed E-state index contributed by atoms with van der Waals surface area (Å²) in [5, 5.41) is 0. The highest BCUT2D eigenvalue weighted by atomic mass is 15.1. The third-order valence-electron chi connectivity index (χ3n) is 5.19. The van der Waals surface area contributed by atoms with E-state index in [0.717, 1.165) is 18.8 Å². The first-order valence-electron chi connectivity index (χ1n) is 10.6. The molecule has 1 aromatic carbocycles. The highest BCUT2D eigenvalue weighted by Gasteiger charge is 2.15. The molecule has 0 saturated heterocycles. The lowest BCUT2D eigenvalue weighted by molar-refractivity contribution is -0.695. The van der Waals surface area contributed by atoms with Gasteiger partial charge in [-0.1, -0.05) is 102 Å². The number of rotatable bonds is 14. The van der Waals surface area contributed by atoms with Crippen molar-refractivity contribution in [2.45, 2.75) is 84.1 Å². The summed E-state index contributed by atoms with van der Waals surface area (Å²) in [5.41, 5.74) is 2.73. The lowest BCUT2D eigenvalue weighted by atomic mass is 10.1. The Morgan fingerprint density at radius 1 is 0.885 bits per heavy atom. The van der Waals surface area contributed by atoms with Crippen LogP contribution in [0, 0.1) is 0 Å². The molecule has 0 aliphatic carbocycles. The third-order valence-corrected chi connectivity index (χ3v) is 5.19. The Bertz CT molecular complexity index is 612. The molecule has 2 heteroatoms. The van der Waals surface area contributed by atoms with Crippen LogP contribution in [0.25, 0.3) is 6.08 Å². The molecular weight excluding hydrogens is 316 g/mol. The van der Waals surface area contributed by atoms with Crippen molar-refractivity contribution in [1.82, 2.24) is 4.98 Å². The molecule has 0 atom stereocenters. The van der Waals surface area contributed by atoms with Crippen molar-refractivity contribution in [1.29, 1.82) is 0 Å². The molecule has 142 valence electrons. The highest BCUT2D eigenvalue weighted by molar-refractivity contribution is 5.32. The van der Waals surface area contributed by atoms with Gasteiger partial charge in [0.2, 0.25) is 0 Å². The molecule has 0 unspecified atom stereocenters. The molecule has 0 bridgehead atoms. The molecule has 26 heavy (non-hydrogen) atoms. The van der Waals surface area contributed by atoms with Gasteiger partial charge in [0.1, 0.15) is 18.4 Å².